The third-order valence-electron chi connectivity index (χ3n) is 5.79. The van der Waals surface area contributed by atoms with Gasteiger partial charge in [0.1, 0.15) is 18.2 Å². The number of anilines is 1. The fourth-order valence-electron chi connectivity index (χ4n) is 3.97. The topological polar surface area (TPSA) is 109 Å². The standard InChI is InChI=1S/C26H21N3O5S/c27-14-22-21(18-5-9-33-15-18)13-23(17-1-3-19(4-2-17)29-7-10-32-11-8-29)28-25(22)34-16-24-20(26(30)31)6-12-35-24/h1-6,9,12-13,15H,7-8,10-11,16H2,(H,30,31). The number of aromatic carboxylic acids is 1. The first-order chi connectivity index (χ1) is 17.1. The number of carboxylic acids is 1. The average molecular weight is 488 g/mol. The molecule has 1 saturated heterocycles. The van der Waals surface area contributed by atoms with Crippen LogP contribution in [0.4, 0.5) is 5.69 Å². The molecule has 0 aliphatic carbocycles. The van der Waals surface area contributed by atoms with E-state index in [-0.39, 0.29) is 23.6 Å². The predicted molar refractivity (Wildman–Crippen MR) is 131 cm³/mol. The number of morpholine rings is 1. The first-order valence-corrected chi connectivity index (χ1v) is 11.9. The van der Waals surface area contributed by atoms with Gasteiger partial charge in [-0.25, -0.2) is 9.78 Å². The van der Waals surface area contributed by atoms with Crippen LogP contribution in [0.5, 0.6) is 5.88 Å². The van der Waals surface area contributed by atoms with Crippen LogP contribution in [0.2, 0.25) is 0 Å². The van der Waals surface area contributed by atoms with Gasteiger partial charge >= 0.3 is 5.97 Å². The molecule has 0 radical (unpaired) electrons. The molecular weight excluding hydrogens is 466 g/mol. The van der Waals surface area contributed by atoms with Crippen LogP contribution in [0.25, 0.3) is 22.4 Å². The van der Waals surface area contributed by atoms with Gasteiger partial charge in [-0.1, -0.05) is 12.1 Å². The van der Waals surface area contributed by atoms with Crippen LogP contribution in [0.1, 0.15) is 20.8 Å². The van der Waals surface area contributed by atoms with Gasteiger partial charge in [-0.2, -0.15) is 5.26 Å². The van der Waals surface area contributed by atoms with Crippen LogP contribution >= 0.6 is 11.3 Å². The lowest BCUT2D eigenvalue weighted by Gasteiger charge is -2.28. The van der Waals surface area contributed by atoms with Gasteiger partial charge in [0.2, 0.25) is 5.88 Å². The fraction of sp³-hybridized carbons (Fsp3) is 0.192. The van der Waals surface area contributed by atoms with Crippen LogP contribution in [0.15, 0.2) is 64.8 Å². The van der Waals surface area contributed by atoms with Gasteiger partial charge in [-0.15, -0.1) is 11.3 Å². The van der Waals surface area contributed by atoms with Gasteiger partial charge in [-0.05, 0) is 35.7 Å². The number of hydrogen-bond donors (Lipinski definition) is 1. The number of thiophene rings is 1. The van der Waals surface area contributed by atoms with Gasteiger partial charge in [0.25, 0.3) is 0 Å². The van der Waals surface area contributed by atoms with E-state index in [1.807, 2.05) is 30.3 Å². The summed E-state index contributed by atoms with van der Waals surface area (Å²) in [4.78, 5) is 18.9. The minimum atomic E-state index is -1.02. The second-order valence-corrected chi connectivity index (χ2v) is 8.86. The van der Waals surface area contributed by atoms with Crippen molar-refractivity contribution in [3.63, 3.8) is 0 Å². The number of benzene rings is 1. The highest BCUT2D eigenvalue weighted by atomic mass is 32.1. The summed E-state index contributed by atoms with van der Waals surface area (Å²) in [5.74, 6) is -0.880. The van der Waals surface area contributed by atoms with Crippen molar-refractivity contribution in [3.8, 4) is 34.3 Å². The summed E-state index contributed by atoms with van der Waals surface area (Å²) in [6.07, 6.45) is 3.10. The highest BCUT2D eigenvalue weighted by molar-refractivity contribution is 7.10. The number of pyridine rings is 1. The molecule has 1 aliphatic heterocycles. The molecule has 176 valence electrons. The van der Waals surface area contributed by atoms with E-state index in [9.17, 15) is 15.2 Å². The second-order valence-electron chi connectivity index (χ2n) is 7.86. The molecule has 1 aliphatic rings. The van der Waals surface area contributed by atoms with E-state index < -0.39 is 5.97 Å². The van der Waals surface area contributed by atoms with Gasteiger partial charge < -0.3 is 23.9 Å². The molecule has 0 saturated carbocycles. The Morgan fingerprint density at radius 1 is 1.17 bits per heavy atom. The minimum absolute atomic E-state index is 0.00870. The molecule has 0 atom stereocenters. The van der Waals surface area contributed by atoms with Crippen molar-refractivity contribution in [2.24, 2.45) is 0 Å². The maximum absolute atomic E-state index is 11.5. The molecule has 1 N–H and O–H groups in total. The molecule has 1 fully saturated rings. The summed E-state index contributed by atoms with van der Waals surface area (Å²) in [7, 11) is 0. The molecule has 0 bridgehead atoms. The van der Waals surface area contributed by atoms with Crippen LogP contribution in [-0.2, 0) is 11.3 Å². The first kappa shape index (κ1) is 22.7. The Hall–Kier alpha value is -4.13. The van der Waals surface area contributed by atoms with Crippen molar-refractivity contribution < 1.29 is 23.8 Å². The van der Waals surface area contributed by atoms with E-state index in [0.29, 0.717) is 29.3 Å². The summed E-state index contributed by atoms with van der Waals surface area (Å²) < 4.78 is 16.6. The van der Waals surface area contributed by atoms with Gasteiger partial charge in [0.15, 0.2) is 0 Å². The number of furan rings is 1. The number of nitrogens with zero attached hydrogens (tertiary/aromatic N) is 3. The van der Waals surface area contributed by atoms with E-state index in [2.05, 4.69) is 16.0 Å². The van der Waals surface area contributed by atoms with Gasteiger partial charge in [-0.3, -0.25) is 0 Å². The Balaban J connectivity index is 1.51. The Labute approximate surface area is 205 Å². The summed E-state index contributed by atoms with van der Waals surface area (Å²) in [5.41, 5.74) is 4.39. The van der Waals surface area contributed by atoms with Crippen LogP contribution < -0.4 is 9.64 Å². The van der Waals surface area contributed by atoms with Crippen molar-refractivity contribution in [2.45, 2.75) is 6.61 Å². The zero-order chi connectivity index (χ0) is 24.2. The van der Waals surface area contributed by atoms with E-state index in [1.165, 1.54) is 17.4 Å². The lowest BCUT2D eigenvalue weighted by molar-refractivity contribution is 0.0694. The number of rotatable bonds is 7. The lowest BCUT2D eigenvalue weighted by atomic mass is 10.0. The zero-order valence-corrected chi connectivity index (χ0v) is 19.5. The highest BCUT2D eigenvalue weighted by Crippen LogP contribution is 2.35. The number of ether oxygens (including phenoxy) is 2. The van der Waals surface area contributed by atoms with E-state index in [1.54, 1.807) is 24.0 Å². The quantitative estimate of drug-likeness (QED) is 0.386. The molecule has 8 nitrogen and oxygen atoms in total. The Bertz CT molecular complexity index is 1370. The van der Waals surface area contributed by atoms with Crippen molar-refractivity contribution >= 4 is 23.0 Å². The summed E-state index contributed by atoms with van der Waals surface area (Å²) in [5, 5.41) is 21.0. The van der Waals surface area contributed by atoms with Crippen molar-refractivity contribution in [1.82, 2.24) is 4.98 Å². The third-order valence-corrected chi connectivity index (χ3v) is 6.68. The number of carbonyl (C=O) groups is 1. The maximum atomic E-state index is 11.5. The maximum Gasteiger partial charge on any atom is 0.336 e. The molecule has 4 aromatic rings. The largest absolute Gasteiger partial charge is 0.478 e. The van der Waals surface area contributed by atoms with E-state index in [0.717, 1.165) is 29.9 Å². The van der Waals surface area contributed by atoms with Gasteiger partial charge in [0, 0.05) is 35.5 Å². The smallest absolute Gasteiger partial charge is 0.336 e. The van der Waals surface area contributed by atoms with E-state index in [4.69, 9.17) is 13.9 Å². The number of hydrogen-bond acceptors (Lipinski definition) is 8. The van der Waals surface area contributed by atoms with E-state index >= 15 is 0 Å². The molecule has 1 aromatic carbocycles. The second kappa shape index (κ2) is 10.0. The monoisotopic (exact) mass is 487 g/mol. The third kappa shape index (κ3) is 4.75. The molecular formula is C26H21N3O5S. The van der Waals surface area contributed by atoms with Gasteiger partial charge in [0.05, 0.1) is 41.9 Å². The van der Waals surface area contributed by atoms with Crippen LogP contribution in [0, 0.1) is 11.3 Å². The van der Waals surface area contributed by atoms with Crippen molar-refractivity contribution in [1.29, 1.82) is 5.26 Å². The highest BCUT2D eigenvalue weighted by Gasteiger charge is 2.19. The van der Waals surface area contributed by atoms with Crippen LogP contribution in [-0.4, -0.2) is 42.4 Å². The van der Waals surface area contributed by atoms with Crippen LogP contribution in [0.3, 0.4) is 0 Å². The number of nitriles is 1. The molecule has 4 heterocycles. The molecule has 5 rings (SSSR count). The summed E-state index contributed by atoms with van der Waals surface area (Å²) >= 11 is 1.28. The lowest BCUT2D eigenvalue weighted by Crippen LogP contribution is -2.36. The number of carboxylic acid groups (broad SMARTS) is 1. The SMILES string of the molecule is N#Cc1c(-c2ccoc2)cc(-c2ccc(N3CCOCC3)cc2)nc1OCc1sccc1C(=O)O. The number of aromatic nitrogens is 1. The molecule has 9 heteroatoms. The molecule has 0 spiro atoms. The predicted octanol–water partition coefficient (Wildman–Crippen LogP) is 5.06. The van der Waals surface area contributed by atoms with Crippen molar-refractivity contribution in [3.05, 3.63) is 76.4 Å². The summed E-state index contributed by atoms with van der Waals surface area (Å²) in [6, 6.07) is 15.4. The Morgan fingerprint density at radius 3 is 2.66 bits per heavy atom. The normalized spacial score (nSPS) is 13.4. The molecule has 0 unspecified atom stereocenters. The minimum Gasteiger partial charge on any atom is -0.478 e. The average Bonchev–Trinajstić information content (AvgIpc) is 3.60. The van der Waals surface area contributed by atoms with Crippen molar-refractivity contribution in [2.75, 3.05) is 31.2 Å². The molecule has 3 aromatic heterocycles. The first-order valence-electron chi connectivity index (χ1n) is 11.0. The Kier molecular flexibility index (Phi) is 6.48. The summed E-state index contributed by atoms with van der Waals surface area (Å²) in [6.45, 7) is 3.10. The molecule has 0 amide bonds. The molecule has 35 heavy (non-hydrogen) atoms. The zero-order valence-electron chi connectivity index (χ0n) is 18.6. The Morgan fingerprint density at radius 2 is 1.97 bits per heavy atom. The fourth-order valence-corrected chi connectivity index (χ4v) is 4.75.